The van der Waals surface area contributed by atoms with E-state index in [2.05, 4.69) is 0 Å². The van der Waals surface area contributed by atoms with Crippen molar-refractivity contribution in [1.29, 1.82) is 0 Å². The number of hydrogen-bond acceptors (Lipinski definition) is 2. The lowest BCUT2D eigenvalue weighted by atomic mass is 10.1. The van der Waals surface area contributed by atoms with Gasteiger partial charge in [-0.15, -0.1) is 0 Å². The minimum absolute atomic E-state index is 0.506. The normalized spacial score (nSPS) is 20.5. The third kappa shape index (κ3) is 4.46. The van der Waals surface area contributed by atoms with Gasteiger partial charge in [-0.1, -0.05) is 27.2 Å². The van der Waals surface area contributed by atoms with Crippen LogP contribution in [0.4, 0.5) is 13.2 Å². The standard InChI is InChI=1S/C13H26F3NOSi/c1-4-19(5-2,6-3)18-12(13(14,15)16)17-10-8-7-9-11-17/h12H,4-11H2,1-3H3. The van der Waals surface area contributed by atoms with Crippen molar-refractivity contribution >= 4 is 8.32 Å². The number of hydrogen-bond donors (Lipinski definition) is 0. The van der Waals surface area contributed by atoms with Gasteiger partial charge in [0.05, 0.1) is 0 Å². The number of halogens is 3. The molecule has 0 amide bonds. The summed E-state index contributed by atoms with van der Waals surface area (Å²) >= 11 is 0. The van der Waals surface area contributed by atoms with Gasteiger partial charge in [-0.2, -0.15) is 13.2 Å². The van der Waals surface area contributed by atoms with Crippen molar-refractivity contribution in [2.45, 2.75) is 70.6 Å². The summed E-state index contributed by atoms with van der Waals surface area (Å²) in [6.45, 7) is 6.90. The van der Waals surface area contributed by atoms with Crippen LogP contribution in [0.5, 0.6) is 0 Å². The minimum Gasteiger partial charge on any atom is -0.394 e. The summed E-state index contributed by atoms with van der Waals surface area (Å²) in [6.07, 6.45) is -3.25. The highest BCUT2D eigenvalue weighted by atomic mass is 28.4. The molecule has 0 aliphatic carbocycles. The average molecular weight is 297 g/mol. The molecule has 6 heteroatoms. The van der Waals surface area contributed by atoms with Crippen LogP contribution in [0.15, 0.2) is 0 Å². The largest absolute Gasteiger partial charge is 0.427 e. The Labute approximate surface area is 115 Å². The Kier molecular flexibility index (Phi) is 6.33. The van der Waals surface area contributed by atoms with E-state index in [0.29, 0.717) is 13.1 Å². The maximum Gasteiger partial charge on any atom is 0.427 e. The van der Waals surface area contributed by atoms with Crippen molar-refractivity contribution in [3.63, 3.8) is 0 Å². The maximum atomic E-state index is 13.3. The Morgan fingerprint density at radius 2 is 1.47 bits per heavy atom. The van der Waals surface area contributed by atoms with Crippen LogP contribution in [0.3, 0.4) is 0 Å². The van der Waals surface area contributed by atoms with Crippen molar-refractivity contribution in [1.82, 2.24) is 4.90 Å². The summed E-state index contributed by atoms with van der Waals surface area (Å²) in [4.78, 5) is 1.49. The zero-order chi connectivity index (χ0) is 14.5. The molecule has 0 aromatic carbocycles. The third-order valence-electron chi connectivity index (χ3n) is 4.30. The minimum atomic E-state index is -4.28. The third-order valence-corrected chi connectivity index (χ3v) is 8.89. The van der Waals surface area contributed by atoms with E-state index in [9.17, 15) is 13.2 Å². The summed E-state index contributed by atoms with van der Waals surface area (Å²) in [7, 11) is -2.24. The highest BCUT2D eigenvalue weighted by Gasteiger charge is 2.48. The number of likely N-dealkylation sites (tertiary alicyclic amines) is 1. The molecule has 1 atom stereocenters. The molecule has 0 aromatic rings. The Balaban J connectivity index is 2.85. The second-order valence-corrected chi connectivity index (χ2v) is 10.1. The number of rotatable bonds is 6. The first-order valence-corrected chi connectivity index (χ1v) is 9.90. The smallest absolute Gasteiger partial charge is 0.394 e. The molecule has 19 heavy (non-hydrogen) atoms. The second-order valence-electron chi connectivity index (χ2n) is 5.35. The van der Waals surface area contributed by atoms with E-state index in [1.54, 1.807) is 0 Å². The summed E-state index contributed by atoms with van der Waals surface area (Å²) in [5.74, 6) is 0. The Hall–Kier alpha value is -0.0731. The van der Waals surface area contributed by atoms with Gasteiger partial charge in [-0.3, -0.25) is 4.90 Å². The van der Waals surface area contributed by atoms with Crippen LogP contribution in [-0.4, -0.2) is 38.7 Å². The van der Waals surface area contributed by atoms with Gasteiger partial charge in [-0.25, -0.2) is 0 Å². The molecule has 2 nitrogen and oxygen atoms in total. The zero-order valence-electron chi connectivity index (χ0n) is 12.2. The molecular weight excluding hydrogens is 271 g/mol. The zero-order valence-corrected chi connectivity index (χ0v) is 13.2. The van der Waals surface area contributed by atoms with E-state index in [-0.39, 0.29) is 0 Å². The lowest BCUT2D eigenvalue weighted by Crippen LogP contribution is -2.55. The molecule has 0 spiro atoms. The van der Waals surface area contributed by atoms with E-state index >= 15 is 0 Å². The molecule has 1 unspecified atom stereocenters. The molecule has 1 aliphatic heterocycles. The Morgan fingerprint density at radius 3 is 1.84 bits per heavy atom. The van der Waals surface area contributed by atoms with E-state index in [0.717, 1.165) is 37.4 Å². The molecule has 1 rings (SSSR count). The molecule has 1 fully saturated rings. The van der Waals surface area contributed by atoms with Crippen LogP contribution < -0.4 is 0 Å². The van der Waals surface area contributed by atoms with Gasteiger partial charge in [0.15, 0.2) is 14.5 Å². The van der Waals surface area contributed by atoms with Crippen molar-refractivity contribution in [3.05, 3.63) is 0 Å². The molecule has 1 saturated heterocycles. The van der Waals surface area contributed by atoms with Crippen LogP contribution in [-0.2, 0) is 4.43 Å². The summed E-state index contributed by atoms with van der Waals surface area (Å²) in [6, 6.07) is 2.25. The molecule has 1 aliphatic rings. The molecular formula is C13H26F3NOSi. The van der Waals surface area contributed by atoms with Crippen LogP contribution in [0.25, 0.3) is 0 Å². The van der Waals surface area contributed by atoms with Gasteiger partial charge in [0.1, 0.15) is 0 Å². The van der Waals surface area contributed by atoms with Gasteiger partial charge in [0, 0.05) is 13.1 Å². The van der Waals surface area contributed by atoms with Crippen LogP contribution in [0, 0.1) is 0 Å². The van der Waals surface area contributed by atoms with E-state index in [4.69, 9.17) is 4.43 Å². The monoisotopic (exact) mass is 297 g/mol. The molecule has 0 saturated carbocycles. The number of alkyl halides is 3. The van der Waals surface area contributed by atoms with Crippen molar-refractivity contribution in [2.75, 3.05) is 13.1 Å². The van der Waals surface area contributed by atoms with Crippen LogP contribution in [0.1, 0.15) is 40.0 Å². The molecule has 0 radical (unpaired) electrons. The van der Waals surface area contributed by atoms with Crippen LogP contribution >= 0.6 is 0 Å². The lowest BCUT2D eigenvalue weighted by Gasteiger charge is -2.41. The average Bonchev–Trinajstić information content (AvgIpc) is 2.41. The fourth-order valence-electron chi connectivity index (χ4n) is 2.74. The van der Waals surface area contributed by atoms with Gasteiger partial charge in [0.25, 0.3) is 0 Å². The fraction of sp³-hybridized carbons (Fsp3) is 1.00. The van der Waals surface area contributed by atoms with E-state index < -0.39 is 20.7 Å². The lowest BCUT2D eigenvalue weighted by molar-refractivity contribution is -0.245. The van der Waals surface area contributed by atoms with Crippen molar-refractivity contribution in [2.24, 2.45) is 0 Å². The molecule has 0 bridgehead atoms. The molecule has 114 valence electrons. The van der Waals surface area contributed by atoms with Crippen molar-refractivity contribution < 1.29 is 17.6 Å². The van der Waals surface area contributed by atoms with Crippen molar-refractivity contribution in [3.8, 4) is 0 Å². The van der Waals surface area contributed by atoms with E-state index in [1.807, 2.05) is 20.8 Å². The molecule has 0 aromatic heterocycles. The fourth-order valence-corrected chi connectivity index (χ4v) is 5.49. The highest BCUT2D eigenvalue weighted by Crippen LogP contribution is 2.33. The Morgan fingerprint density at radius 1 is 1.00 bits per heavy atom. The van der Waals surface area contributed by atoms with Gasteiger partial charge in [-0.05, 0) is 31.0 Å². The number of piperidine rings is 1. The van der Waals surface area contributed by atoms with E-state index in [1.165, 1.54) is 4.90 Å². The van der Waals surface area contributed by atoms with Gasteiger partial charge in [0.2, 0.25) is 0 Å². The topological polar surface area (TPSA) is 12.5 Å². The predicted octanol–water partition coefficient (Wildman–Crippen LogP) is 4.38. The predicted molar refractivity (Wildman–Crippen MR) is 73.5 cm³/mol. The van der Waals surface area contributed by atoms with Gasteiger partial charge < -0.3 is 4.43 Å². The number of nitrogens with zero attached hydrogens (tertiary/aromatic N) is 1. The van der Waals surface area contributed by atoms with Gasteiger partial charge >= 0.3 is 6.18 Å². The molecule has 1 heterocycles. The Bertz CT molecular complexity index is 255. The summed E-state index contributed by atoms with van der Waals surface area (Å²) < 4.78 is 45.6. The summed E-state index contributed by atoms with van der Waals surface area (Å²) in [5, 5.41) is 0. The SMILES string of the molecule is CC[Si](CC)(CC)OC(N1CCCCC1)C(F)(F)F. The first-order chi connectivity index (χ1) is 8.88. The second kappa shape index (κ2) is 7.08. The first kappa shape index (κ1) is 17.0. The molecule has 0 N–H and O–H groups in total. The quantitative estimate of drug-likeness (QED) is 0.674. The highest BCUT2D eigenvalue weighted by molar-refractivity contribution is 6.73. The van der Waals surface area contributed by atoms with Crippen LogP contribution in [0.2, 0.25) is 18.1 Å². The maximum absolute atomic E-state index is 13.3. The first-order valence-electron chi connectivity index (χ1n) is 7.37. The summed E-state index contributed by atoms with van der Waals surface area (Å²) in [5.41, 5.74) is 0.